The van der Waals surface area contributed by atoms with E-state index >= 15 is 0 Å². The van der Waals surface area contributed by atoms with E-state index in [0.29, 0.717) is 38.7 Å². The summed E-state index contributed by atoms with van der Waals surface area (Å²) in [5.41, 5.74) is 1.68. The molecule has 0 saturated carbocycles. The van der Waals surface area contributed by atoms with Crippen LogP contribution >= 0.6 is 0 Å². The van der Waals surface area contributed by atoms with Gasteiger partial charge in [0.25, 0.3) is 0 Å². The summed E-state index contributed by atoms with van der Waals surface area (Å²) in [5, 5.41) is 6.58. The number of nitrogens with one attached hydrogen (secondary N) is 2. The molecule has 6 heteroatoms. The first kappa shape index (κ1) is 21.2. The van der Waals surface area contributed by atoms with Crippen molar-refractivity contribution in [1.82, 2.24) is 10.6 Å². The highest BCUT2D eigenvalue weighted by Crippen LogP contribution is 2.35. The van der Waals surface area contributed by atoms with Crippen molar-refractivity contribution in [2.24, 2.45) is 4.99 Å². The van der Waals surface area contributed by atoms with Gasteiger partial charge in [-0.05, 0) is 61.6 Å². The van der Waals surface area contributed by atoms with Gasteiger partial charge in [-0.3, -0.25) is 4.99 Å². The smallest absolute Gasteiger partial charge is 0.191 e. The second-order valence-corrected chi connectivity index (χ2v) is 7.40. The fourth-order valence-electron chi connectivity index (χ4n) is 3.71. The van der Waals surface area contributed by atoms with Crippen molar-refractivity contribution in [3.8, 4) is 0 Å². The summed E-state index contributed by atoms with van der Waals surface area (Å²) >= 11 is 0. The number of rotatable bonds is 7. The number of halogens is 2. The molecule has 0 radical (unpaired) electrons. The summed E-state index contributed by atoms with van der Waals surface area (Å²) in [4.78, 5) is 4.81. The van der Waals surface area contributed by atoms with Crippen LogP contribution in [0.3, 0.4) is 0 Å². The van der Waals surface area contributed by atoms with Gasteiger partial charge in [0.15, 0.2) is 5.96 Å². The van der Waals surface area contributed by atoms with Crippen LogP contribution in [-0.2, 0) is 16.6 Å². The van der Waals surface area contributed by atoms with Crippen LogP contribution in [0, 0.1) is 11.6 Å². The van der Waals surface area contributed by atoms with Crippen molar-refractivity contribution < 1.29 is 13.5 Å². The Bertz CT molecular complexity index is 819. The largest absolute Gasteiger partial charge is 0.381 e. The van der Waals surface area contributed by atoms with Gasteiger partial charge < -0.3 is 15.4 Å². The molecule has 2 aromatic carbocycles. The third-order valence-corrected chi connectivity index (χ3v) is 5.37. The molecule has 1 heterocycles. The Kier molecular flexibility index (Phi) is 7.58. The molecule has 0 unspecified atom stereocenters. The highest BCUT2D eigenvalue weighted by Gasteiger charge is 2.34. The van der Waals surface area contributed by atoms with Gasteiger partial charge in [0.05, 0.1) is 6.54 Å². The second-order valence-electron chi connectivity index (χ2n) is 7.40. The molecule has 3 rings (SSSR count). The summed E-state index contributed by atoms with van der Waals surface area (Å²) in [6.07, 6.45) is 2.32. The van der Waals surface area contributed by atoms with Gasteiger partial charge in [-0.25, -0.2) is 8.78 Å². The zero-order chi connectivity index (χ0) is 20.5. The molecular formula is C23H29F2N3O. The van der Waals surface area contributed by atoms with Crippen molar-refractivity contribution in [2.45, 2.75) is 31.6 Å². The first-order chi connectivity index (χ1) is 14.1. The summed E-state index contributed by atoms with van der Waals surface area (Å²) in [7, 11) is 0. The quantitative estimate of drug-likeness (QED) is 0.548. The van der Waals surface area contributed by atoms with Gasteiger partial charge in [0, 0.05) is 31.7 Å². The Balaban J connectivity index is 1.69. The molecule has 0 bridgehead atoms. The molecule has 0 amide bonds. The number of ether oxygens (including phenoxy) is 1. The van der Waals surface area contributed by atoms with Gasteiger partial charge in [0.1, 0.15) is 11.6 Å². The van der Waals surface area contributed by atoms with Gasteiger partial charge in [0.2, 0.25) is 0 Å². The zero-order valence-electron chi connectivity index (χ0n) is 16.9. The minimum Gasteiger partial charge on any atom is -0.381 e. The predicted octanol–water partition coefficient (Wildman–Crippen LogP) is 3.81. The molecule has 4 nitrogen and oxygen atoms in total. The minimum absolute atomic E-state index is 0.223. The van der Waals surface area contributed by atoms with Crippen LogP contribution in [0.1, 0.15) is 30.9 Å². The standard InChI is InChI=1S/C23H29F2N3O/c1-2-26-22(27-12-9-18-5-3-7-20(24)15-18)28-17-23(10-13-29-14-11-23)19-6-4-8-21(25)16-19/h3-8,15-16H,2,9-14,17H2,1H3,(H2,26,27,28). The summed E-state index contributed by atoms with van der Waals surface area (Å²) in [6, 6.07) is 13.5. The summed E-state index contributed by atoms with van der Waals surface area (Å²) in [5.74, 6) is 0.267. The van der Waals surface area contributed by atoms with Crippen LogP contribution in [0.5, 0.6) is 0 Å². The number of nitrogens with zero attached hydrogens (tertiary/aromatic N) is 1. The third kappa shape index (κ3) is 6.00. The fourth-order valence-corrected chi connectivity index (χ4v) is 3.71. The summed E-state index contributed by atoms with van der Waals surface area (Å²) in [6.45, 7) is 5.24. The Morgan fingerprint density at radius 3 is 2.45 bits per heavy atom. The molecule has 0 atom stereocenters. The Hall–Kier alpha value is -2.47. The minimum atomic E-state index is -0.231. The van der Waals surface area contributed by atoms with Crippen molar-refractivity contribution in [2.75, 3.05) is 32.8 Å². The molecule has 1 saturated heterocycles. The van der Waals surface area contributed by atoms with Gasteiger partial charge >= 0.3 is 0 Å². The maximum Gasteiger partial charge on any atom is 0.191 e. The van der Waals surface area contributed by atoms with Crippen LogP contribution in [0.4, 0.5) is 8.78 Å². The normalized spacial score (nSPS) is 16.4. The molecule has 29 heavy (non-hydrogen) atoms. The topological polar surface area (TPSA) is 45.7 Å². The molecule has 0 aliphatic carbocycles. The average Bonchev–Trinajstić information content (AvgIpc) is 2.73. The zero-order valence-corrected chi connectivity index (χ0v) is 16.9. The van der Waals surface area contributed by atoms with E-state index in [4.69, 9.17) is 9.73 Å². The SMILES string of the molecule is CCNC(=NCC1(c2cccc(F)c2)CCOCC1)NCCc1cccc(F)c1. The molecule has 2 N–H and O–H groups in total. The maximum absolute atomic E-state index is 13.8. The fraction of sp³-hybridized carbons (Fsp3) is 0.435. The average molecular weight is 402 g/mol. The van der Waals surface area contributed by atoms with E-state index in [1.807, 2.05) is 19.1 Å². The van der Waals surface area contributed by atoms with Crippen molar-refractivity contribution >= 4 is 5.96 Å². The molecule has 0 spiro atoms. The van der Waals surface area contributed by atoms with E-state index in [1.54, 1.807) is 24.3 Å². The number of aliphatic imine (C=N–C) groups is 1. The Labute approximate surface area is 171 Å². The van der Waals surface area contributed by atoms with Gasteiger partial charge in [-0.15, -0.1) is 0 Å². The van der Waals surface area contributed by atoms with Crippen LogP contribution in [-0.4, -0.2) is 38.8 Å². The van der Waals surface area contributed by atoms with Crippen LogP contribution in [0.2, 0.25) is 0 Å². The lowest BCUT2D eigenvalue weighted by Crippen LogP contribution is -2.41. The molecule has 0 aromatic heterocycles. The van der Waals surface area contributed by atoms with E-state index < -0.39 is 0 Å². The monoisotopic (exact) mass is 401 g/mol. The Morgan fingerprint density at radius 2 is 1.76 bits per heavy atom. The van der Waals surface area contributed by atoms with Gasteiger partial charge in [-0.1, -0.05) is 24.3 Å². The van der Waals surface area contributed by atoms with E-state index in [-0.39, 0.29) is 17.0 Å². The van der Waals surface area contributed by atoms with Crippen LogP contribution in [0.25, 0.3) is 0 Å². The molecular weight excluding hydrogens is 372 g/mol. The van der Waals surface area contributed by atoms with Crippen molar-refractivity contribution in [3.05, 3.63) is 71.3 Å². The summed E-state index contributed by atoms with van der Waals surface area (Å²) < 4.78 is 32.7. The molecule has 1 aliphatic rings. The third-order valence-electron chi connectivity index (χ3n) is 5.37. The molecule has 1 aliphatic heterocycles. The maximum atomic E-state index is 13.8. The first-order valence-electron chi connectivity index (χ1n) is 10.2. The van der Waals surface area contributed by atoms with Crippen LogP contribution < -0.4 is 10.6 Å². The van der Waals surface area contributed by atoms with E-state index in [0.717, 1.165) is 30.5 Å². The van der Waals surface area contributed by atoms with Crippen LogP contribution in [0.15, 0.2) is 53.5 Å². The second kappa shape index (κ2) is 10.3. The molecule has 2 aromatic rings. The number of guanidine groups is 1. The lowest BCUT2D eigenvalue weighted by Gasteiger charge is -2.36. The molecule has 1 fully saturated rings. The number of hydrogen-bond acceptors (Lipinski definition) is 2. The van der Waals surface area contributed by atoms with E-state index in [2.05, 4.69) is 10.6 Å². The highest BCUT2D eigenvalue weighted by molar-refractivity contribution is 5.79. The van der Waals surface area contributed by atoms with E-state index in [9.17, 15) is 8.78 Å². The predicted molar refractivity (Wildman–Crippen MR) is 112 cm³/mol. The first-order valence-corrected chi connectivity index (χ1v) is 10.2. The van der Waals surface area contributed by atoms with E-state index in [1.165, 1.54) is 12.1 Å². The number of hydrogen-bond donors (Lipinski definition) is 2. The molecule has 156 valence electrons. The lowest BCUT2D eigenvalue weighted by atomic mass is 9.74. The Morgan fingerprint density at radius 1 is 1.03 bits per heavy atom. The van der Waals surface area contributed by atoms with Gasteiger partial charge in [-0.2, -0.15) is 0 Å². The number of benzene rings is 2. The highest BCUT2D eigenvalue weighted by atomic mass is 19.1. The van der Waals surface area contributed by atoms with Crippen molar-refractivity contribution in [3.63, 3.8) is 0 Å². The lowest BCUT2D eigenvalue weighted by molar-refractivity contribution is 0.0530. The van der Waals surface area contributed by atoms with Crippen molar-refractivity contribution in [1.29, 1.82) is 0 Å².